The number of nitrogens with one attached hydrogen (secondary N) is 1. The highest BCUT2D eigenvalue weighted by atomic mass is 16.5. The second-order valence-corrected chi connectivity index (χ2v) is 3.93. The molecule has 1 N–H and O–H groups in total. The Hall–Kier alpha value is -1.19. The molecule has 0 aromatic heterocycles. The van der Waals surface area contributed by atoms with Crippen molar-refractivity contribution in [2.75, 3.05) is 13.2 Å². The molecule has 0 spiro atoms. The molecular weight excluding hydrogens is 214 g/mol. The maximum atomic E-state index is 11.6. The molecule has 3 heteroatoms. The smallest absolute Gasteiger partial charge is 0.151 e. The highest BCUT2D eigenvalue weighted by molar-refractivity contribution is 5.83. The lowest BCUT2D eigenvalue weighted by Gasteiger charge is -2.16. The second-order valence-electron chi connectivity index (χ2n) is 3.93. The molecule has 0 aliphatic rings. The maximum absolute atomic E-state index is 11.6. The zero-order chi connectivity index (χ0) is 12.5. The summed E-state index contributed by atoms with van der Waals surface area (Å²) in [6.45, 7) is 5.65. The number of hydrogen-bond donors (Lipinski definition) is 1. The van der Waals surface area contributed by atoms with Gasteiger partial charge in [-0.05, 0) is 12.1 Å². The van der Waals surface area contributed by atoms with Gasteiger partial charge in [0.25, 0.3) is 0 Å². The number of hydrogen-bond acceptors (Lipinski definition) is 3. The first-order valence-corrected chi connectivity index (χ1v) is 6.15. The minimum absolute atomic E-state index is 0.172. The third kappa shape index (κ3) is 5.11. The number of Topliss-reactive ketones (excluding diaryl/α,β-unsaturated/α-hetero) is 1. The van der Waals surface area contributed by atoms with Crippen LogP contribution in [0.25, 0.3) is 0 Å². The molecule has 1 unspecified atom stereocenters. The van der Waals surface area contributed by atoms with Gasteiger partial charge in [0.1, 0.15) is 0 Å². The van der Waals surface area contributed by atoms with E-state index in [0.717, 1.165) is 12.1 Å². The van der Waals surface area contributed by atoms with Crippen LogP contribution < -0.4 is 5.32 Å². The van der Waals surface area contributed by atoms with Crippen molar-refractivity contribution in [3.05, 3.63) is 35.9 Å². The summed E-state index contributed by atoms with van der Waals surface area (Å²) in [5.74, 6) is 0.208. The summed E-state index contributed by atoms with van der Waals surface area (Å²) in [6.07, 6.45) is 0.548. The van der Waals surface area contributed by atoms with E-state index in [2.05, 4.69) is 5.32 Å². The van der Waals surface area contributed by atoms with E-state index in [1.54, 1.807) is 0 Å². The van der Waals surface area contributed by atoms with Crippen LogP contribution in [0.3, 0.4) is 0 Å². The van der Waals surface area contributed by atoms with E-state index in [4.69, 9.17) is 4.74 Å². The molecule has 94 valence electrons. The SMILES string of the molecule is CCNC(COCc1ccccc1)C(=O)CC. The van der Waals surface area contributed by atoms with E-state index in [-0.39, 0.29) is 11.8 Å². The minimum atomic E-state index is -0.172. The molecule has 0 bridgehead atoms. The predicted molar refractivity (Wildman–Crippen MR) is 68.9 cm³/mol. The zero-order valence-corrected chi connectivity index (χ0v) is 10.6. The number of benzene rings is 1. The minimum Gasteiger partial charge on any atom is -0.375 e. The van der Waals surface area contributed by atoms with Crippen molar-refractivity contribution in [1.29, 1.82) is 0 Å². The van der Waals surface area contributed by atoms with Gasteiger partial charge in [0.2, 0.25) is 0 Å². The van der Waals surface area contributed by atoms with Crippen LogP contribution in [0.2, 0.25) is 0 Å². The summed E-state index contributed by atoms with van der Waals surface area (Å²) in [5.41, 5.74) is 1.13. The van der Waals surface area contributed by atoms with E-state index < -0.39 is 0 Å². The summed E-state index contributed by atoms with van der Waals surface area (Å²) >= 11 is 0. The van der Waals surface area contributed by atoms with Gasteiger partial charge in [0.05, 0.1) is 19.3 Å². The molecule has 1 rings (SSSR count). The monoisotopic (exact) mass is 235 g/mol. The van der Waals surface area contributed by atoms with E-state index in [9.17, 15) is 4.79 Å². The molecule has 0 heterocycles. The van der Waals surface area contributed by atoms with Crippen molar-refractivity contribution in [3.8, 4) is 0 Å². The summed E-state index contributed by atoms with van der Waals surface area (Å²) in [5, 5.41) is 3.15. The number of ether oxygens (including phenoxy) is 1. The zero-order valence-electron chi connectivity index (χ0n) is 10.6. The predicted octanol–water partition coefficient (Wildman–Crippen LogP) is 2.16. The first-order valence-electron chi connectivity index (χ1n) is 6.15. The lowest BCUT2D eigenvalue weighted by Crippen LogP contribution is -2.40. The van der Waals surface area contributed by atoms with Gasteiger partial charge in [-0.1, -0.05) is 44.2 Å². The van der Waals surface area contributed by atoms with Crippen molar-refractivity contribution < 1.29 is 9.53 Å². The van der Waals surface area contributed by atoms with E-state index in [0.29, 0.717) is 19.6 Å². The van der Waals surface area contributed by atoms with Crippen molar-refractivity contribution in [2.45, 2.75) is 32.9 Å². The van der Waals surface area contributed by atoms with Gasteiger partial charge in [-0.15, -0.1) is 0 Å². The van der Waals surface area contributed by atoms with Crippen LogP contribution in [0.4, 0.5) is 0 Å². The van der Waals surface area contributed by atoms with Gasteiger partial charge in [-0.25, -0.2) is 0 Å². The van der Waals surface area contributed by atoms with Crippen LogP contribution >= 0.6 is 0 Å². The third-order valence-electron chi connectivity index (χ3n) is 2.58. The first kappa shape index (κ1) is 13.9. The fraction of sp³-hybridized carbons (Fsp3) is 0.500. The van der Waals surface area contributed by atoms with Gasteiger partial charge in [-0.2, -0.15) is 0 Å². The average molecular weight is 235 g/mol. The van der Waals surface area contributed by atoms with Gasteiger partial charge in [0.15, 0.2) is 5.78 Å². The van der Waals surface area contributed by atoms with Crippen LogP contribution in [0.1, 0.15) is 25.8 Å². The Morgan fingerprint density at radius 2 is 2.00 bits per heavy atom. The fourth-order valence-corrected chi connectivity index (χ4v) is 1.63. The maximum Gasteiger partial charge on any atom is 0.151 e. The number of ketones is 1. The van der Waals surface area contributed by atoms with Gasteiger partial charge in [-0.3, -0.25) is 4.79 Å². The Balaban J connectivity index is 2.34. The largest absolute Gasteiger partial charge is 0.375 e. The summed E-state index contributed by atoms with van der Waals surface area (Å²) < 4.78 is 5.57. The van der Waals surface area contributed by atoms with Crippen LogP contribution in [-0.4, -0.2) is 25.0 Å². The Morgan fingerprint density at radius 1 is 1.29 bits per heavy atom. The number of carbonyl (C=O) groups excluding carboxylic acids is 1. The molecule has 0 saturated carbocycles. The first-order chi connectivity index (χ1) is 8.27. The third-order valence-corrected chi connectivity index (χ3v) is 2.58. The Morgan fingerprint density at radius 3 is 2.59 bits per heavy atom. The molecule has 0 radical (unpaired) electrons. The topological polar surface area (TPSA) is 38.3 Å². The molecule has 0 aliphatic carbocycles. The van der Waals surface area contributed by atoms with Crippen LogP contribution in [0.15, 0.2) is 30.3 Å². The van der Waals surface area contributed by atoms with E-state index >= 15 is 0 Å². The Labute approximate surface area is 103 Å². The Bertz CT molecular complexity index is 324. The molecule has 1 aromatic carbocycles. The average Bonchev–Trinajstić information content (AvgIpc) is 2.38. The lowest BCUT2D eigenvalue weighted by atomic mass is 10.1. The van der Waals surface area contributed by atoms with Crippen molar-refractivity contribution in [2.24, 2.45) is 0 Å². The molecule has 1 aromatic rings. The van der Waals surface area contributed by atoms with Crippen molar-refractivity contribution in [1.82, 2.24) is 5.32 Å². The highest BCUT2D eigenvalue weighted by Crippen LogP contribution is 2.02. The van der Waals surface area contributed by atoms with E-state index in [1.807, 2.05) is 44.2 Å². The normalized spacial score (nSPS) is 12.4. The number of rotatable bonds is 8. The molecule has 0 saturated heterocycles. The van der Waals surface area contributed by atoms with Crippen molar-refractivity contribution in [3.63, 3.8) is 0 Å². The lowest BCUT2D eigenvalue weighted by molar-refractivity contribution is -0.122. The highest BCUT2D eigenvalue weighted by Gasteiger charge is 2.14. The summed E-state index contributed by atoms with van der Waals surface area (Å²) in [6, 6.07) is 9.81. The van der Waals surface area contributed by atoms with Crippen molar-refractivity contribution >= 4 is 5.78 Å². The van der Waals surface area contributed by atoms with Crippen LogP contribution in [-0.2, 0) is 16.1 Å². The summed E-state index contributed by atoms with van der Waals surface area (Å²) in [7, 11) is 0. The molecule has 0 amide bonds. The quantitative estimate of drug-likeness (QED) is 0.750. The van der Waals surface area contributed by atoms with Gasteiger partial charge < -0.3 is 10.1 Å². The van der Waals surface area contributed by atoms with Gasteiger partial charge in [0, 0.05) is 6.42 Å². The molecule has 0 fully saturated rings. The van der Waals surface area contributed by atoms with E-state index in [1.165, 1.54) is 0 Å². The molecule has 0 aliphatic heterocycles. The Kier molecular flexibility index (Phi) is 6.51. The molecule has 1 atom stereocenters. The second kappa shape index (κ2) is 7.98. The number of likely N-dealkylation sites (N-methyl/N-ethyl adjacent to an activating group) is 1. The number of carbonyl (C=O) groups is 1. The summed E-state index contributed by atoms with van der Waals surface area (Å²) in [4.78, 5) is 11.6. The molecule has 17 heavy (non-hydrogen) atoms. The standard InChI is InChI=1S/C14H21NO2/c1-3-14(16)13(15-4-2)11-17-10-12-8-6-5-7-9-12/h5-9,13,15H,3-4,10-11H2,1-2H3. The van der Waals surface area contributed by atoms with Crippen LogP contribution in [0.5, 0.6) is 0 Å². The molecular formula is C14H21NO2. The molecule has 3 nitrogen and oxygen atoms in total. The van der Waals surface area contributed by atoms with Gasteiger partial charge >= 0.3 is 0 Å². The van der Waals surface area contributed by atoms with Crippen LogP contribution in [0, 0.1) is 0 Å². The fourth-order valence-electron chi connectivity index (χ4n) is 1.63.